The molecular formula is C22H22N2O5S. The number of hydroxylamine groups is 2. The summed E-state index contributed by atoms with van der Waals surface area (Å²) in [5.41, 5.74) is 1.88. The number of carbonyl (C=O) groups excluding carboxylic acids is 1. The quantitative estimate of drug-likeness (QED) is 0.354. The molecule has 0 aliphatic heterocycles. The number of pyridine rings is 1. The summed E-state index contributed by atoms with van der Waals surface area (Å²) >= 11 is 0. The summed E-state index contributed by atoms with van der Waals surface area (Å²) in [5, 5.41) is 10.4. The average Bonchev–Trinajstić information content (AvgIpc) is 3.28. The van der Waals surface area contributed by atoms with E-state index in [0.717, 1.165) is 16.5 Å². The van der Waals surface area contributed by atoms with Crippen LogP contribution in [0.4, 0.5) is 0 Å². The monoisotopic (exact) mass is 426 g/mol. The molecule has 8 heteroatoms. The summed E-state index contributed by atoms with van der Waals surface area (Å²) in [5.74, 6) is 0.550. The molecule has 1 saturated carbocycles. The largest absolute Gasteiger partial charge is 0.489 e. The van der Waals surface area contributed by atoms with Crippen molar-refractivity contribution in [2.24, 2.45) is 0 Å². The van der Waals surface area contributed by atoms with Crippen molar-refractivity contribution in [1.82, 2.24) is 10.0 Å². The third-order valence-electron chi connectivity index (χ3n) is 5.55. The van der Waals surface area contributed by atoms with Crippen LogP contribution in [0.25, 0.3) is 10.9 Å². The third-order valence-corrected chi connectivity index (χ3v) is 7.83. The predicted molar refractivity (Wildman–Crippen MR) is 111 cm³/mol. The Labute approximate surface area is 174 Å². The highest BCUT2D eigenvalue weighted by Gasteiger charge is 2.41. The highest BCUT2D eigenvalue weighted by atomic mass is 32.2. The van der Waals surface area contributed by atoms with Crippen molar-refractivity contribution in [2.45, 2.75) is 42.1 Å². The smallest absolute Gasteiger partial charge is 0.233 e. The van der Waals surface area contributed by atoms with Crippen molar-refractivity contribution in [3.8, 4) is 5.75 Å². The molecule has 2 unspecified atom stereocenters. The number of rotatable bonds is 7. The maximum atomic E-state index is 13.0. The molecule has 1 aliphatic carbocycles. The molecular weight excluding hydrogens is 404 g/mol. The van der Waals surface area contributed by atoms with Crippen LogP contribution in [0.3, 0.4) is 0 Å². The molecule has 1 aliphatic rings. The molecule has 1 heterocycles. The zero-order chi connectivity index (χ0) is 21.1. The maximum Gasteiger partial charge on any atom is 0.233 e. The summed E-state index contributed by atoms with van der Waals surface area (Å²) in [7, 11) is -3.68. The van der Waals surface area contributed by atoms with Crippen LogP contribution in [0.1, 0.15) is 24.8 Å². The van der Waals surface area contributed by atoms with Gasteiger partial charge < -0.3 is 4.74 Å². The van der Waals surface area contributed by atoms with Gasteiger partial charge in [-0.1, -0.05) is 18.2 Å². The molecule has 0 saturated heterocycles. The molecule has 0 spiro atoms. The number of hydrogen-bond acceptors (Lipinski definition) is 6. The van der Waals surface area contributed by atoms with E-state index in [2.05, 4.69) is 4.98 Å². The van der Waals surface area contributed by atoms with Crippen molar-refractivity contribution in [1.29, 1.82) is 0 Å². The number of aromatic nitrogens is 1. The van der Waals surface area contributed by atoms with E-state index in [1.54, 1.807) is 18.3 Å². The molecule has 2 atom stereocenters. The zero-order valence-electron chi connectivity index (χ0n) is 16.2. The number of amides is 1. The summed E-state index contributed by atoms with van der Waals surface area (Å²) in [6.45, 7) is 0.332. The second-order valence-electron chi connectivity index (χ2n) is 7.31. The minimum absolute atomic E-state index is 0.153. The van der Waals surface area contributed by atoms with E-state index in [1.807, 2.05) is 30.3 Å². The average molecular weight is 426 g/mol. The minimum atomic E-state index is -3.68. The number of nitrogens with zero attached hydrogens (tertiary/aromatic N) is 2. The van der Waals surface area contributed by atoms with Crippen LogP contribution < -0.4 is 4.74 Å². The highest BCUT2D eigenvalue weighted by Crippen LogP contribution is 2.33. The van der Waals surface area contributed by atoms with Gasteiger partial charge in [-0.3, -0.25) is 15.0 Å². The molecule has 2 aromatic carbocycles. The Morgan fingerprint density at radius 3 is 2.63 bits per heavy atom. The molecule has 30 heavy (non-hydrogen) atoms. The normalized spacial score (nSPS) is 19.0. The van der Waals surface area contributed by atoms with Gasteiger partial charge in [0.15, 0.2) is 9.84 Å². The fourth-order valence-corrected chi connectivity index (χ4v) is 6.01. The van der Waals surface area contributed by atoms with Crippen molar-refractivity contribution in [3.05, 3.63) is 66.4 Å². The first-order valence-corrected chi connectivity index (χ1v) is 11.3. The Balaban J connectivity index is 1.49. The van der Waals surface area contributed by atoms with E-state index >= 15 is 0 Å². The Morgan fingerprint density at radius 1 is 1.10 bits per heavy atom. The van der Waals surface area contributed by atoms with Gasteiger partial charge in [-0.25, -0.2) is 13.5 Å². The van der Waals surface area contributed by atoms with E-state index < -0.39 is 21.1 Å². The fraction of sp³-hybridized carbons (Fsp3) is 0.273. The molecule has 4 rings (SSSR count). The minimum Gasteiger partial charge on any atom is -0.489 e. The Hall–Kier alpha value is -2.97. The SMILES string of the molecule is O=CN(O)C1CCCC1S(=O)(=O)c1ccc(OCc2ccnc3ccccc23)cc1. The van der Waals surface area contributed by atoms with Gasteiger partial charge in [0, 0.05) is 17.1 Å². The number of hydrogen-bond donors (Lipinski definition) is 1. The first-order valence-electron chi connectivity index (χ1n) is 9.72. The van der Waals surface area contributed by atoms with Gasteiger partial charge >= 0.3 is 0 Å². The zero-order valence-corrected chi connectivity index (χ0v) is 17.0. The fourth-order valence-electron chi connectivity index (χ4n) is 3.99. The molecule has 0 bridgehead atoms. The number of fused-ring (bicyclic) bond motifs is 1. The second kappa shape index (κ2) is 8.41. The molecule has 3 aromatic rings. The van der Waals surface area contributed by atoms with E-state index in [9.17, 15) is 18.4 Å². The van der Waals surface area contributed by atoms with E-state index in [1.165, 1.54) is 12.1 Å². The van der Waals surface area contributed by atoms with E-state index in [0.29, 0.717) is 36.7 Å². The van der Waals surface area contributed by atoms with Crippen LogP contribution in [0.15, 0.2) is 65.7 Å². The summed E-state index contributed by atoms with van der Waals surface area (Å²) < 4.78 is 31.9. The summed E-state index contributed by atoms with van der Waals surface area (Å²) in [6, 6.07) is 15.2. The number of ether oxygens (including phenoxy) is 1. The number of para-hydroxylation sites is 1. The lowest BCUT2D eigenvalue weighted by Gasteiger charge is -2.24. The molecule has 156 valence electrons. The van der Waals surface area contributed by atoms with Gasteiger partial charge in [0.1, 0.15) is 12.4 Å². The number of sulfone groups is 1. The van der Waals surface area contributed by atoms with Crippen LogP contribution in [0.5, 0.6) is 5.75 Å². The first kappa shape index (κ1) is 20.3. The topological polar surface area (TPSA) is 96.8 Å². The lowest BCUT2D eigenvalue weighted by molar-refractivity contribution is -0.159. The van der Waals surface area contributed by atoms with Gasteiger partial charge in [-0.05, 0) is 55.7 Å². The second-order valence-corrected chi connectivity index (χ2v) is 9.48. The highest BCUT2D eigenvalue weighted by molar-refractivity contribution is 7.92. The van der Waals surface area contributed by atoms with E-state index in [4.69, 9.17) is 4.74 Å². The molecule has 1 N–H and O–H groups in total. The standard InChI is InChI=1S/C22H22N2O5S/c25-15-24(26)21-6-3-7-22(21)30(27,28)18-10-8-17(9-11-18)29-14-16-12-13-23-20-5-2-1-4-19(16)20/h1-2,4-5,8-13,15,21-22,26H,3,6-7,14H2. The van der Waals surface area contributed by atoms with Crippen LogP contribution in [0.2, 0.25) is 0 Å². The lowest BCUT2D eigenvalue weighted by atomic mass is 10.1. The van der Waals surface area contributed by atoms with Gasteiger partial charge in [0.05, 0.1) is 21.7 Å². The Kier molecular flexibility index (Phi) is 5.69. The molecule has 1 aromatic heterocycles. The van der Waals surface area contributed by atoms with Crippen LogP contribution in [-0.2, 0) is 21.2 Å². The summed E-state index contributed by atoms with van der Waals surface area (Å²) in [6.07, 6.45) is 3.50. The van der Waals surface area contributed by atoms with Crippen LogP contribution in [0, 0.1) is 0 Å². The Morgan fingerprint density at radius 2 is 1.87 bits per heavy atom. The van der Waals surface area contributed by atoms with E-state index in [-0.39, 0.29) is 11.3 Å². The lowest BCUT2D eigenvalue weighted by Crippen LogP contribution is -2.41. The van der Waals surface area contributed by atoms with Crippen LogP contribution in [-0.4, -0.2) is 41.4 Å². The van der Waals surface area contributed by atoms with Gasteiger partial charge in [-0.15, -0.1) is 0 Å². The van der Waals surface area contributed by atoms with Crippen molar-refractivity contribution in [3.63, 3.8) is 0 Å². The number of benzene rings is 2. The first-order chi connectivity index (χ1) is 14.5. The van der Waals surface area contributed by atoms with Crippen molar-refractivity contribution >= 4 is 27.2 Å². The molecule has 0 radical (unpaired) electrons. The summed E-state index contributed by atoms with van der Waals surface area (Å²) in [4.78, 5) is 15.4. The molecule has 7 nitrogen and oxygen atoms in total. The third kappa shape index (κ3) is 3.88. The van der Waals surface area contributed by atoms with Gasteiger partial charge in [0.2, 0.25) is 6.41 Å². The molecule has 1 fully saturated rings. The van der Waals surface area contributed by atoms with Crippen molar-refractivity contribution < 1.29 is 23.2 Å². The number of carbonyl (C=O) groups is 1. The van der Waals surface area contributed by atoms with Crippen LogP contribution >= 0.6 is 0 Å². The van der Waals surface area contributed by atoms with Gasteiger partial charge in [-0.2, -0.15) is 0 Å². The maximum absolute atomic E-state index is 13.0. The molecule has 1 amide bonds. The predicted octanol–water partition coefficient (Wildman–Crippen LogP) is 3.36. The Bertz CT molecular complexity index is 1140. The van der Waals surface area contributed by atoms with Crippen molar-refractivity contribution in [2.75, 3.05) is 0 Å². The van der Waals surface area contributed by atoms with Gasteiger partial charge in [0.25, 0.3) is 0 Å².